The van der Waals surface area contributed by atoms with E-state index >= 15 is 0 Å². The summed E-state index contributed by atoms with van der Waals surface area (Å²) in [7, 11) is 0. The lowest BCUT2D eigenvalue weighted by Crippen LogP contribution is -2.04. The van der Waals surface area contributed by atoms with E-state index in [1.165, 1.54) is 0 Å². The molecule has 3 heteroatoms. The predicted molar refractivity (Wildman–Crippen MR) is 68.5 cm³/mol. The van der Waals surface area contributed by atoms with Gasteiger partial charge in [0.25, 0.3) is 0 Å². The summed E-state index contributed by atoms with van der Waals surface area (Å²) >= 11 is 5.80. The van der Waals surface area contributed by atoms with Crippen molar-refractivity contribution in [1.82, 2.24) is 0 Å². The van der Waals surface area contributed by atoms with Crippen molar-refractivity contribution >= 4 is 23.1 Å². The van der Waals surface area contributed by atoms with Crippen LogP contribution in [-0.2, 0) is 9.53 Å². The minimum Gasteiger partial charge on any atom is -0.462 e. The SMILES string of the molecule is C=C(OC1=CC(=O)CCC1)c1ccc(Cl)cc1. The van der Waals surface area contributed by atoms with Crippen LogP contribution >= 0.6 is 11.6 Å². The van der Waals surface area contributed by atoms with Crippen LogP contribution in [0.2, 0.25) is 5.02 Å². The molecule has 88 valence electrons. The molecular weight excluding hydrogens is 236 g/mol. The van der Waals surface area contributed by atoms with Crippen molar-refractivity contribution in [2.24, 2.45) is 0 Å². The fourth-order valence-electron chi connectivity index (χ4n) is 1.69. The van der Waals surface area contributed by atoms with Gasteiger partial charge in [0.1, 0.15) is 11.5 Å². The highest BCUT2D eigenvalue weighted by Gasteiger charge is 2.12. The molecule has 0 fully saturated rings. The minimum absolute atomic E-state index is 0.121. The molecule has 0 amide bonds. The van der Waals surface area contributed by atoms with Gasteiger partial charge in [-0.25, -0.2) is 0 Å². The molecule has 0 bridgehead atoms. The molecule has 0 saturated carbocycles. The van der Waals surface area contributed by atoms with Crippen LogP contribution in [0.15, 0.2) is 42.7 Å². The molecule has 0 heterocycles. The van der Waals surface area contributed by atoms with Crippen LogP contribution in [0.5, 0.6) is 0 Å². The van der Waals surface area contributed by atoms with Gasteiger partial charge in [-0.3, -0.25) is 4.79 Å². The lowest BCUT2D eigenvalue weighted by Gasteiger charge is -2.15. The molecule has 0 radical (unpaired) electrons. The van der Waals surface area contributed by atoms with E-state index in [2.05, 4.69) is 6.58 Å². The number of benzene rings is 1. The third kappa shape index (κ3) is 3.21. The molecule has 0 N–H and O–H groups in total. The molecule has 1 aromatic rings. The number of hydrogen-bond acceptors (Lipinski definition) is 2. The second-order valence-corrected chi connectivity index (χ2v) is 4.40. The van der Waals surface area contributed by atoms with Crippen molar-refractivity contribution in [2.75, 3.05) is 0 Å². The predicted octanol–water partition coefficient (Wildman–Crippen LogP) is 3.96. The zero-order chi connectivity index (χ0) is 12.3. The Balaban J connectivity index is 2.06. The van der Waals surface area contributed by atoms with E-state index in [0.29, 0.717) is 23.0 Å². The average Bonchev–Trinajstić information content (AvgIpc) is 2.29. The second kappa shape index (κ2) is 5.19. The maximum absolute atomic E-state index is 11.2. The molecule has 0 atom stereocenters. The Kier molecular flexibility index (Phi) is 3.64. The Morgan fingerprint density at radius 1 is 1.24 bits per heavy atom. The summed E-state index contributed by atoms with van der Waals surface area (Å²) in [6.07, 6.45) is 3.81. The highest BCUT2D eigenvalue weighted by molar-refractivity contribution is 6.30. The third-order valence-electron chi connectivity index (χ3n) is 2.59. The summed E-state index contributed by atoms with van der Waals surface area (Å²) in [4.78, 5) is 11.2. The van der Waals surface area contributed by atoms with Crippen LogP contribution in [-0.4, -0.2) is 5.78 Å². The van der Waals surface area contributed by atoms with Gasteiger partial charge >= 0.3 is 0 Å². The summed E-state index contributed by atoms with van der Waals surface area (Å²) < 4.78 is 5.59. The fraction of sp³-hybridized carbons (Fsp3) is 0.214. The first kappa shape index (κ1) is 11.9. The molecule has 1 aliphatic carbocycles. The summed E-state index contributed by atoms with van der Waals surface area (Å²) in [6, 6.07) is 7.25. The quantitative estimate of drug-likeness (QED) is 0.757. The summed E-state index contributed by atoms with van der Waals surface area (Å²) in [5, 5.41) is 0.675. The minimum atomic E-state index is 0.121. The molecule has 2 nitrogen and oxygen atoms in total. The number of allylic oxidation sites excluding steroid dienone is 2. The van der Waals surface area contributed by atoms with Crippen LogP contribution in [0.1, 0.15) is 24.8 Å². The van der Waals surface area contributed by atoms with E-state index in [-0.39, 0.29) is 5.78 Å². The van der Waals surface area contributed by atoms with Crippen LogP contribution in [0.3, 0.4) is 0 Å². The van der Waals surface area contributed by atoms with Gasteiger partial charge in [0.05, 0.1) is 0 Å². The molecule has 17 heavy (non-hydrogen) atoms. The number of halogens is 1. The zero-order valence-corrected chi connectivity index (χ0v) is 10.2. The maximum atomic E-state index is 11.2. The number of rotatable bonds is 3. The fourth-order valence-corrected chi connectivity index (χ4v) is 1.82. The van der Waals surface area contributed by atoms with Crippen molar-refractivity contribution in [1.29, 1.82) is 0 Å². The Hall–Kier alpha value is -1.54. The lowest BCUT2D eigenvalue weighted by molar-refractivity contribution is -0.115. The molecule has 0 aromatic heterocycles. The van der Waals surface area contributed by atoms with E-state index in [1.54, 1.807) is 18.2 Å². The van der Waals surface area contributed by atoms with E-state index in [1.807, 2.05) is 12.1 Å². The van der Waals surface area contributed by atoms with Crippen LogP contribution in [0, 0.1) is 0 Å². The molecule has 0 saturated heterocycles. The zero-order valence-electron chi connectivity index (χ0n) is 9.41. The van der Waals surface area contributed by atoms with Gasteiger partial charge in [0.15, 0.2) is 5.78 Å². The molecule has 0 spiro atoms. The van der Waals surface area contributed by atoms with Gasteiger partial charge in [-0.05, 0) is 30.7 Å². The van der Waals surface area contributed by atoms with E-state index in [0.717, 1.165) is 18.4 Å². The number of hydrogen-bond donors (Lipinski definition) is 0. The number of carbonyl (C=O) groups is 1. The number of ketones is 1. The highest BCUT2D eigenvalue weighted by Crippen LogP contribution is 2.24. The van der Waals surface area contributed by atoms with E-state index in [9.17, 15) is 4.79 Å². The molecular formula is C14H13ClO2. The van der Waals surface area contributed by atoms with Crippen molar-refractivity contribution in [3.63, 3.8) is 0 Å². The van der Waals surface area contributed by atoms with Crippen molar-refractivity contribution in [3.8, 4) is 0 Å². The average molecular weight is 249 g/mol. The normalized spacial score (nSPS) is 15.4. The Morgan fingerprint density at radius 2 is 1.94 bits per heavy atom. The molecule has 1 aromatic carbocycles. The van der Waals surface area contributed by atoms with Gasteiger partial charge in [-0.15, -0.1) is 0 Å². The van der Waals surface area contributed by atoms with Crippen LogP contribution in [0.4, 0.5) is 0 Å². The highest BCUT2D eigenvalue weighted by atomic mass is 35.5. The summed E-state index contributed by atoms with van der Waals surface area (Å²) in [6.45, 7) is 3.86. The standard InChI is InChI=1S/C14H13ClO2/c1-10(11-5-7-12(15)8-6-11)17-14-4-2-3-13(16)9-14/h5-9H,1-4H2. The topological polar surface area (TPSA) is 26.3 Å². The lowest BCUT2D eigenvalue weighted by atomic mass is 10.1. The van der Waals surface area contributed by atoms with Crippen molar-refractivity contribution < 1.29 is 9.53 Å². The maximum Gasteiger partial charge on any atom is 0.159 e. The van der Waals surface area contributed by atoms with E-state index in [4.69, 9.17) is 16.3 Å². The van der Waals surface area contributed by atoms with Gasteiger partial charge in [-0.1, -0.05) is 18.2 Å². The van der Waals surface area contributed by atoms with Crippen LogP contribution in [0.25, 0.3) is 5.76 Å². The van der Waals surface area contributed by atoms with Crippen LogP contribution < -0.4 is 0 Å². The second-order valence-electron chi connectivity index (χ2n) is 3.96. The summed E-state index contributed by atoms with van der Waals surface area (Å²) in [5.41, 5.74) is 0.869. The van der Waals surface area contributed by atoms with Crippen molar-refractivity contribution in [2.45, 2.75) is 19.3 Å². The molecule has 0 unspecified atom stereocenters. The first-order valence-electron chi connectivity index (χ1n) is 5.51. The Bertz CT molecular complexity index is 472. The monoisotopic (exact) mass is 248 g/mol. The van der Waals surface area contributed by atoms with E-state index < -0.39 is 0 Å². The van der Waals surface area contributed by atoms with Gasteiger partial charge in [-0.2, -0.15) is 0 Å². The Labute approximate surface area is 106 Å². The van der Waals surface area contributed by atoms with Gasteiger partial charge < -0.3 is 4.74 Å². The molecule has 1 aliphatic rings. The molecule has 2 rings (SSSR count). The third-order valence-corrected chi connectivity index (χ3v) is 2.84. The summed E-state index contributed by atoms with van der Waals surface area (Å²) in [5.74, 6) is 1.36. The van der Waals surface area contributed by atoms with Crippen molar-refractivity contribution in [3.05, 3.63) is 53.3 Å². The molecule has 0 aliphatic heterocycles. The van der Waals surface area contributed by atoms with Gasteiger partial charge in [0, 0.05) is 29.5 Å². The first-order valence-corrected chi connectivity index (χ1v) is 5.89. The van der Waals surface area contributed by atoms with Gasteiger partial charge in [0.2, 0.25) is 0 Å². The first-order chi connectivity index (χ1) is 8.15. The largest absolute Gasteiger partial charge is 0.462 e. The number of ether oxygens (including phenoxy) is 1. The number of carbonyl (C=O) groups excluding carboxylic acids is 1. The Morgan fingerprint density at radius 3 is 2.59 bits per heavy atom. The smallest absolute Gasteiger partial charge is 0.159 e.